The molecule has 2 heterocycles. The number of fused-ring (bicyclic) bond motifs is 1. The SMILES string of the molecule is c1ccc(CN2CCC(CCc3ccc4cc[nH]c4c3)CC2)cc1. The van der Waals surface area contributed by atoms with Crippen molar-refractivity contribution >= 4 is 10.9 Å². The zero-order valence-electron chi connectivity index (χ0n) is 14.2. The molecular formula is C22H26N2. The van der Waals surface area contributed by atoms with Crippen LogP contribution in [-0.2, 0) is 13.0 Å². The van der Waals surface area contributed by atoms with Gasteiger partial charge in [0.05, 0.1) is 0 Å². The lowest BCUT2D eigenvalue weighted by atomic mass is 9.90. The molecule has 0 spiro atoms. The number of benzene rings is 2. The third kappa shape index (κ3) is 3.70. The van der Waals surface area contributed by atoms with Crippen LogP contribution in [0, 0.1) is 5.92 Å². The van der Waals surface area contributed by atoms with Gasteiger partial charge in [0.25, 0.3) is 0 Å². The molecule has 24 heavy (non-hydrogen) atoms. The van der Waals surface area contributed by atoms with E-state index in [9.17, 15) is 0 Å². The van der Waals surface area contributed by atoms with Crippen LogP contribution in [0.5, 0.6) is 0 Å². The number of hydrogen-bond acceptors (Lipinski definition) is 1. The van der Waals surface area contributed by atoms with Crippen LogP contribution in [0.3, 0.4) is 0 Å². The van der Waals surface area contributed by atoms with Crippen LogP contribution in [0.25, 0.3) is 10.9 Å². The van der Waals surface area contributed by atoms with Crippen molar-refractivity contribution in [3.05, 3.63) is 71.9 Å². The van der Waals surface area contributed by atoms with Gasteiger partial charge in [-0.05, 0) is 73.3 Å². The molecule has 0 amide bonds. The first-order valence-corrected chi connectivity index (χ1v) is 9.19. The van der Waals surface area contributed by atoms with Crippen LogP contribution < -0.4 is 0 Å². The van der Waals surface area contributed by atoms with Gasteiger partial charge in [-0.3, -0.25) is 4.90 Å². The Bertz CT molecular complexity index is 767. The minimum absolute atomic E-state index is 0.886. The monoisotopic (exact) mass is 318 g/mol. The van der Waals surface area contributed by atoms with Gasteiger partial charge in [-0.1, -0.05) is 42.5 Å². The van der Waals surface area contributed by atoms with E-state index < -0.39 is 0 Å². The Balaban J connectivity index is 1.25. The summed E-state index contributed by atoms with van der Waals surface area (Å²) >= 11 is 0. The Kier molecular flexibility index (Phi) is 4.66. The summed E-state index contributed by atoms with van der Waals surface area (Å²) in [6.45, 7) is 3.60. The number of H-pyrrole nitrogens is 1. The van der Waals surface area contributed by atoms with Gasteiger partial charge in [0.2, 0.25) is 0 Å². The van der Waals surface area contributed by atoms with Crippen LogP contribution in [0.2, 0.25) is 0 Å². The molecule has 0 atom stereocenters. The first kappa shape index (κ1) is 15.5. The molecule has 0 unspecified atom stereocenters. The molecule has 1 fully saturated rings. The Morgan fingerprint density at radius 3 is 2.58 bits per heavy atom. The molecule has 2 heteroatoms. The van der Waals surface area contributed by atoms with E-state index in [1.807, 2.05) is 6.20 Å². The topological polar surface area (TPSA) is 19.0 Å². The van der Waals surface area contributed by atoms with Crippen LogP contribution in [-0.4, -0.2) is 23.0 Å². The molecule has 2 aromatic carbocycles. The molecule has 1 aliphatic heterocycles. The molecule has 4 rings (SSSR count). The molecule has 1 saturated heterocycles. The maximum atomic E-state index is 3.32. The third-order valence-corrected chi connectivity index (χ3v) is 5.42. The van der Waals surface area contributed by atoms with E-state index in [4.69, 9.17) is 0 Å². The Morgan fingerprint density at radius 2 is 1.75 bits per heavy atom. The summed E-state index contributed by atoms with van der Waals surface area (Å²) in [5.74, 6) is 0.886. The minimum atomic E-state index is 0.886. The van der Waals surface area contributed by atoms with Crippen LogP contribution in [0.4, 0.5) is 0 Å². The van der Waals surface area contributed by atoms with Crippen LogP contribution >= 0.6 is 0 Å². The van der Waals surface area contributed by atoms with Crippen molar-refractivity contribution in [1.29, 1.82) is 0 Å². The fraction of sp³-hybridized carbons (Fsp3) is 0.364. The maximum absolute atomic E-state index is 3.32. The number of aromatic amines is 1. The Labute approximate surface area is 144 Å². The van der Waals surface area contributed by atoms with Crippen molar-refractivity contribution in [2.75, 3.05) is 13.1 Å². The van der Waals surface area contributed by atoms with Gasteiger partial charge in [-0.25, -0.2) is 0 Å². The van der Waals surface area contributed by atoms with E-state index in [0.717, 1.165) is 12.5 Å². The van der Waals surface area contributed by atoms with Crippen LogP contribution in [0.1, 0.15) is 30.4 Å². The lowest BCUT2D eigenvalue weighted by molar-refractivity contribution is 0.172. The summed E-state index contributed by atoms with van der Waals surface area (Å²) in [4.78, 5) is 5.93. The maximum Gasteiger partial charge on any atom is 0.0456 e. The normalized spacial score (nSPS) is 16.7. The number of aromatic nitrogens is 1. The predicted molar refractivity (Wildman–Crippen MR) is 101 cm³/mol. The lowest BCUT2D eigenvalue weighted by Crippen LogP contribution is -2.33. The fourth-order valence-corrected chi connectivity index (χ4v) is 3.90. The average molecular weight is 318 g/mol. The zero-order valence-corrected chi connectivity index (χ0v) is 14.2. The molecule has 3 aromatic rings. The Morgan fingerprint density at radius 1 is 0.917 bits per heavy atom. The lowest BCUT2D eigenvalue weighted by Gasteiger charge is -2.32. The molecule has 1 aromatic heterocycles. The highest BCUT2D eigenvalue weighted by Gasteiger charge is 2.19. The number of hydrogen-bond donors (Lipinski definition) is 1. The van der Waals surface area contributed by atoms with Crippen molar-refractivity contribution in [3.8, 4) is 0 Å². The molecule has 0 aliphatic carbocycles. The predicted octanol–water partition coefficient (Wildman–Crippen LogP) is 5.01. The Hall–Kier alpha value is -2.06. The quantitative estimate of drug-likeness (QED) is 0.700. The summed E-state index contributed by atoms with van der Waals surface area (Å²) in [5, 5.41) is 1.31. The number of piperidine rings is 1. The highest BCUT2D eigenvalue weighted by Crippen LogP contribution is 2.24. The van der Waals surface area contributed by atoms with E-state index in [0.29, 0.717) is 0 Å². The molecule has 124 valence electrons. The second-order valence-electron chi connectivity index (χ2n) is 7.14. The van der Waals surface area contributed by atoms with Crippen molar-refractivity contribution in [3.63, 3.8) is 0 Å². The smallest absolute Gasteiger partial charge is 0.0456 e. The molecule has 0 saturated carbocycles. The third-order valence-electron chi connectivity index (χ3n) is 5.42. The molecule has 2 nitrogen and oxygen atoms in total. The number of likely N-dealkylation sites (tertiary alicyclic amines) is 1. The highest BCUT2D eigenvalue weighted by molar-refractivity contribution is 5.79. The summed E-state index contributed by atoms with van der Waals surface area (Å²) in [6.07, 6.45) is 7.25. The molecule has 0 bridgehead atoms. The van der Waals surface area contributed by atoms with E-state index >= 15 is 0 Å². The van der Waals surface area contributed by atoms with Crippen molar-refractivity contribution in [1.82, 2.24) is 9.88 Å². The summed E-state index contributed by atoms with van der Waals surface area (Å²) < 4.78 is 0. The summed E-state index contributed by atoms with van der Waals surface area (Å²) in [7, 11) is 0. The second kappa shape index (κ2) is 7.23. The van der Waals surface area contributed by atoms with Crippen molar-refractivity contribution in [2.24, 2.45) is 5.92 Å². The largest absolute Gasteiger partial charge is 0.361 e. The van der Waals surface area contributed by atoms with E-state index in [1.54, 1.807) is 0 Å². The fourth-order valence-electron chi connectivity index (χ4n) is 3.90. The summed E-state index contributed by atoms with van der Waals surface area (Å²) in [6, 6.07) is 19.9. The number of aryl methyl sites for hydroxylation is 1. The van der Waals surface area contributed by atoms with Crippen molar-refractivity contribution in [2.45, 2.75) is 32.2 Å². The average Bonchev–Trinajstić information content (AvgIpc) is 3.10. The van der Waals surface area contributed by atoms with Gasteiger partial charge in [0.1, 0.15) is 0 Å². The van der Waals surface area contributed by atoms with Gasteiger partial charge in [-0.15, -0.1) is 0 Å². The minimum Gasteiger partial charge on any atom is -0.361 e. The van der Waals surface area contributed by atoms with Crippen molar-refractivity contribution < 1.29 is 0 Å². The number of nitrogens with one attached hydrogen (secondary N) is 1. The molecular weight excluding hydrogens is 292 g/mol. The number of nitrogens with zero attached hydrogens (tertiary/aromatic N) is 1. The second-order valence-corrected chi connectivity index (χ2v) is 7.14. The van der Waals surface area contributed by atoms with Crippen LogP contribution in [0.15, 0.2) is 60.8 Å². The first-order chi connectivity index (χ1) is 11.9. The van der Waals surface area contributed by atoms with Gasteiger partial charge < -0.3 is 4.98 Å². The standard InChI is InChI=1S/C22H26N2/c1-2-4-20(5-3-1)17-24-14-11-18(12-15-24)6-7-19-8-9-21-10-13-23-22(21)16-19/h1-5,8-10,13,16,18,23H,6-7,11-12,14-15,17H2. The molecule has 0 radical (unpaired) electrons. The highest BCUT2D eigenvalue weighted by atomic mass is 15.1. The van der Waals surface area contributed by atoms with E-state index in [1.165, 1.54) is 60.8 Å². The van der Waals surface area contributed by atoms with Gasteiger partial charge in [0.15, 0.2) is 0 Å². The number of rotatable bonds is 5. The van der Waals surface area contributed by atoms with E-state index in [-0.39, 0.29) is 0 Å². The van der Waals surface area contributed by atoms with Gasteiger partial charge in [-0.2, -0.15) is 0 Å². The molecule has 1 aliphatic rings. The molecule has 1 N–H and O–H groups in total. The first-order valence-electron chi connectivity index (χ1n) is 9.19. The zero-order chi connectivity index (χ0) is 16.2. The van der Waals surface area contributed by atoms with Gasteiger partial charge in [0, 0.05) is 18.3 Å². The summed E-state index contributed by atoms with van der Waals surface area (Å²) in [5.41, 5.74) is 4.18. The van der Waals surface area contributed by atoms with E-state index in [2.05, 4.69) is 64.5 Å². The van der Waals surface area contributed by atoms with Gasteiger partial charge >= 0.3 is 0 Å².